The van der Waals surface area contributed by atoms with Gasteiger partial charge >= 0.3 is 0 Å². The van der Waals surface area contributed by atoms with E-state index in [1.165, 1.54) is 11.3 Å². The Morgan fingerprint density at radius 2 is 2.43 bits per heavy atom. The zero-order valence-electron chi connectivity index (χ0n) is 7.75. The van der Waals surface area contributed by atoms with Crippen molar-refractivity contribution in [3.8, 4) is 0 Å². The lowest BCUT2D eigenvalue weighted by atomic mass is 9.90. The summed E-state index contributed by atoms with van der Waals surface area (Å²) >= 11 is 1.93. The molecule has 0 aromatic carbocycles. The lowest BCUT2D eigenvalue weighted by Gasteiger charge is -2.30. The van der Waals surface area contributed by atoms with Crippen LogP contribution in [0.15, 0.2) is 23.4 Å². The summed E-state index contributed by atoms with van der Waals surface area (Å²) in [6, 6.07) is 0.261. The first kappa shape index (κ1) is 8.41. The smallest absolute Gasteiger partial charge is 0.224 e. The summed E-state index contributed by atoms with van der Waals surface area (Å²) in [5, 5.41) is 6.98. The van der Waals surface area contributed by atoms with Crippen molar-refractivity contribution in [2.75, 3.05) is 5.88 Å². The third-order valence-electron chi connectivity index (χ3n) is 2.94. The van der Waals surface area contributed by atoms with Crippen LogP contribution < -0.4 is 10.6 Å². The number of carbonyl (C=O) groups excluding carboxylic acids is 1. The fourth-order valence-corrected chi connectivity index (χ4v) is 3.32. The van der Waals surface area contributed by atoms with E-state index >= 15 is 0 Å². The quantitative estimate of drug-likeness (QED) is 0.617. The van der Waals surface area contributed by atoms with E-state index in [1.807, 2.05) is 11.8 Å². The van der Waals surface area contributed by atoms with Crippen LogP contribution in [0.4, 0.5) is 0 Å². The minimum atomic E-state index is 0.159. The van der Waals surface area contributed by atoms with Gasteiger partial charge in [-0.3, -0.25) is 4.79 Å². The molecule has 1 saturated heterocycles. The SMILES string of the molecule is O=C1CC=C2C=C3NCSC3CC2N1. The van der Waals surface area contributed by atoms with Gasteiger partial charge in [-0.1, -0.05) is 6.08 Å². The number of carbonyl (C=O) groups is 1. The predicted octanol–water partition coefficient (Wildman–Crippen LogP) is 0.751. The molecular weight excluding hydrogens is 196 g/mol. The van der Waals surface area contributed by atoms with Gasteiger partial charge in [-0.25, -0.2) is 0 Å². The van der Waals surface area contributed by atoms with E-state index in [0.29, 0.717) is 11.7 Å². The molecule has 2 heterocycles. The van der Waals surface area contributed by atoms with Crippen LogP contribution in [-0.4, -0.2) is 23.1 Å². The molecule has 1 amide bonds. The fraction of sp³-hybridized carbons (Fsp3) is 0.500. The molecule has 0 aromatic heterocycles. The monoisotopic (exact) mass is 208 g/mol. The second-order valence-corrected chi connectivity index (χ2v) is 5.03. The van der Waals surface area contributed by atoms with Crippen molar-refractivity contribution in [1.29, 1.82) is 0 Å². The molecular formula is C10H12N2OS. The van der Waals surface area contributed by atoms with Crippen LogP contribution in [0.25, 0.3) is 0 Å². The van der Waals surface area contributed by atoms with Crippen molar-refractivity contribution in [3.63, 3.8) is 0 Å². The largest absolute Gasteiger partial charge is 0.378 e. The van der Waals surface area contributed by atoms with Crippen molar-refractivity contribution < 1.29 is 4.79 Å². The van der Waals surface area contributed by atoms with Crippen molar-refractivity contribution >= 4 is 17.7 Å². The van der Waals surface area contributed by atoms with Crippen LogP contribution in [-0.2, 0) is 4.79 Å². The van der Waals surface area contributed by atoms with Gasteiger partial charge < -0.3 is 10.6 Å². The number of hydrogen-bond donors (Lipinski definition) is 2. The summed E-state index contributed by atoms with van der Waals surface area (Å²) in [6.45, 7) is 0. The molecule has 1 aliphatic carbocycles. The summed E-state index contributed by atoms with van der Waals surface area (Å²) in [4.78, 5) is 11.2. The number of rotatable bonds is 0. The minimum absolute atomic E-state index is 0.159. The molecule has 0 spiro atoms. The summed E-state index contributed by atoms with van der Waals surface area (Å²) in [5.41, 5.74) is 2.62. The molecule has 3 rings (SSSR count). The van der Waals surface area contributed by atoms with Crippen LogP contribution in [0.1, 0.15) is 12.8 Å². The average Bonchev–Trinajstić information content (AvgIpc) is 2.61. The normalized spacial score (nSPS) is 34.7. The molecule has 2 unspecified atom stereocenters. The van der Waals surface area contributed by atoms with E-state index in [9.17, 15) is 4.79 Å². The standard InChI is InChI=1S/C10H12N2OS/c13-10-2-1-6-3-8-9(14-5-11-8)4-7(6)12-10/h1,3,7,9,11H,2,4-5H2,(H,12,13). The van der Waals surface area contributed by atoms with Gasteiger partial charge in [0.15, 0.2) is 0 Å². The Kier molecular flexibility index (Phi) is 1.83. The molecule has 3 aliphatic rings. The van der Waals surface area contributed by atoms with E-state index in [2.05, 4.69) is 22.8 Å². The number of nitrogens with one attached hydrogen (secondary N) is 2. The van der Waals surface area contributed by atoms with E-state index in [-0.39, 0.29) is 11.9 Å². The third kappa shape index (κ3) is 1.25. The van der Waals surface area contributed by atoms with E-state index in [4.69, 9.17) is 0 Å². The van der Waals surface area contributed by atoms with E-state index < -0.39 is 0 Å². The Bertz CT molecular complexity index is 348. The summed E-state index contributed by atoms with van der Waals surface area (Å²) in [7, 11) is 0. The molecule has 0 saturated carbocycles. The lowest BCUT2D eigenvalue weighted by molar-refractivity contribution is -0.121. The zero-order valence-corrected chi connectivity index (χ0v) is 8.56. The van der Waals surface area contributed by atoms with Gasteiger partial charge in [0, 0.05) is 17.4 Å². The number of fused-ring (bicyclic) bond motifs is 2. The number of thioether (sulfide) groups is 1. The molecule has 2 atom stereocenters. The predicted molar refractivity (Wildman–Crippen MR) is 56.7 cm³/mol. The van der Waals surface area contributed by atoms with Gasteiger partial charge in [0.1, 0.15) is 0 Å². The molecule has 0 bridgehead atoms. The van der Waals surface area contributed by atoms with Crippen molar-refractivity contribution in [3.05, 3.63) is 23.4 Å². The van der Waals surface area contributed by atoms with Crippen LogP contribution in [0.5, 0.6) is 0 Å². The van der Waals surface area contributed by atoms with Gasteiger partial charge in [0.05, 0.1) is 11.9 Å². The fourth-order valence-electron chi connectivity index (χ4n) is 2.21. The second kappa shape index (κ2) is 3.05. The Balaban J connectivity index is 1.93. The maximum atomic E-state index is 11.2. The van der Waals surface area contributed by atoms with Crippen LogP contribution in [0.3, 0.4) is 0 Å². The summed E-state index contributed by atoms with van der Waals surface area (Å²) in [6.07, 6.45) is 5.84. The van der Waals surface area contributed by atoms with Crippen molar-refractivity contribution in [2.45, 2.75) is 24.1 Å². The van der Waals surface area contributed by atoms with Crippen LogP contribution in [0.2, 0.25) is 0 Å². The molecule has 14 heavy (non-hydrogen) atoms. The Morgan fingerprint density at radius 1 is 1.50 bits per heavy atom. The van der Waals surface area contributed by atoms with Crippen LogP contribution in [0, 0.1) is 0 Å². The molecule has 0 aromatic rings. The van der Waals surface area contributed by atoms with Crippen molar-refractivity contribution in [2.24, 2.45) is 0 Å². The van der Waals surface area contributed by atoms with Crippen LogP contribution >= 0.6 is 11.8 Å². The topological polar surface area (TPSA) is 41.1 Å². The van der Waals surface area contributed by atoms with Gasteiger partial charge in [0.2, 0.25) is 5.91 Å². The van der Waals surface area contributed by atoms with E-state index in [1.54, 1.807) is 0 Å². The molecule has 2 N–H and O–H groups in total. The molecule has 0 radical (unpaired) electrons. The molecule has 2 aliphatic heterocycles. The highest BCUT2D eigenvalue weighted by Gasteiger charge is 2.33. The molecule has 4 heteroatoms. The van der Waals surface area contributed by atoms with Gasteiger partial charge in [-0.2, -0.15) is 0 Å². The van der Waals surface area contributed by atoms with Crippen molar-refractivity contribution in [1.82, 2.24) is 10.6 Å². The highest BCUT2D eigenvalue weighted by Crippen LogP contribution is 2.35. The average molecular weight is 208 g/mol. The highest BCUT2D eigenvalue weighted by atomic mass is 32.2. The summed E-state index contributed by atoms with van der Waals surface area (Å²) in [5.74, 6) is 1.16. The maximum absolute atomic E-state index is 11.2. The summed E-state index contributed by atoms with van der Waals surface area (Å²) < 4.78 is 0. The Morgan fingerprint density at radius 3 is 3.36 bits per heavy atom. The first-order chi connectivity index (χ1) is 6.83. The molecule has 3 nitrogen and oxygen atoms in total. The van der Waals surface area contributed by atoms with Gasteiger partial charge in [-0.15, -0.1) is 11.8 Å². The zero-order chi connectivity index (χ0) is 9.54. The first-order valence-corrected chi connectivity index (χ1v) is 5.94. The van der Waals surface area contributed by atoms with E-state index in [0.717, 1.165) is 12.3 Å². The first-order valence-electron chi connectivity index (χ1n) is 4.89. The van der Waals surface area contributed by atoms with Gasteiger partial charge in [-0.05, 0) is 18.1 Å². The van der Waals surface area contributed by atoms with Gasteiger partial charge in [0.25, 0.3) is 0 Å². The third-order valence-corrected chi connectivity index (χ3v) is 4.10. The lowest BCUT2D eigenvalue weighted by Crippen LogP contribution is -2.42. The molecule has 74 valence electrons. The Hall–Kier alpha value is -0.900. The minimum Gasteiger partial charge on any atom is -0.378 e. The Labute approximate surface area is 87.0 Å². The number of amides is 1. The second-order valence-electron chi connectivity index (χ2n) is 3.84. The number of hydrogen-bond acceptors (Lipinski definition) is 3. The molecule has 1 fully saturated rings. The maximum Gasteiger partial charge on any atom is 0.224 e. The highest BCUT2D eigenvalue weighted by molar-refractivity contribution is 8.00.